The van der Waals surface area contributed by atoms with Gasteiger partial charge in [-0.25, -0.2) is 0 Å². The predicted octanol–water partition coefficient (Wildman–Crippen LogP) is 3.46. The summed E-state index contributed by atoms with van der Waals surface area (Å²) in [6, 6.07) is 11.9. The Labute approximate surface area is 141 Å². The van der Waals surface area contributed by atoms with Crippen LogP contribution in [0.2, 0.25) is 0 Å². The van der Waals surface area contributed by atoms with Crippen LogP contribution in [0.25, 0.3) is 0 Å². The van der Waals surface area contributed by atoms with Crippen molar-refractivity contribution in [1.29, 1.82) is 0 Å². The molecule has 5 heteroatoms. The molecule has 2 aliphatic rings. The van der Waals surface area contributed by atoms with Crippen LogP contribution in [0.5, 0.6) is 11.5 Å². The van der Waals surface area contributed by atoms with Gasteiger partial charge in [-0.15, -0.1) is 0 Å². The van der Waals surface area contributed by atoms with E-state index in [4.69, 9.17) is 9.47 Å². The first-order chi connectivity index (χ1) is 11.5. The van der Waals surface area contributed by atoms with Gasteiger partial charge >= 0.3 is 0 Å². The molecule has 0 radical (unpaired) electrons. The molecule has 0 aliphatic carbocycles. The van der Waals surface area contributed by atoms with Crippen molar-refractivity contribution in [1.82, 2.24) is 0 Å². The summed E-state index contributed by atoms with van der Waals surface area (Å²) in [7, 11) is 0. The highest BCUT2D eigenvalue weighted by Gasteiger charge is 2.39. The molecule has 5 nitrogen and oxygen atoms in total. The van der Waals surface area contributed by atoms with E-state index in [1.807, 2.05) is 43.0 Å². The summed E-state index contributed by atoms with van der Waals surface area (Å²) in [6.45, 7) is 6.60. The molecule has 0 atom stereocenters. The van der Waals surface area contributed by atoms with Gasteiger partial charge in [-0.3, -0.25) is 4.79 Å². The second-order valence-corrected chi connectivity index (χ2v) is 6.79. The van der Waals surface area contributed by atoms with E-state index >= 15 is 0 Å². The SMILES string of the molecule is Cc1ccccc1CN1C(=O)C(C)(C)Nc2cc3c(cc21)OCO3. The van der Waals surface area contributed by atoms with E-state index in [1.54, 1.807) is 0 Å². The van der Waals surface area contributed by atoms with E-state index in [2.05, 4.69) is 24.4 Å². The molecule has 2 heterocycles. The molecule has 1 N–H and O–H groups in total. The maximum atomic E-state index is 13.0. The predicted molar refractivity (Wildman–Crippen MR) is 92.6 cm³/mol. The average molecular weight is 324 g/mol. The van der Waals surface area contributed by atoms with E-state index in [9.17, 15) is 4.79 Å². The monoisotopic (exact) mass is 324 g/mol. The van der Waals surface area contributed by atoms with Gasteiger partial charge < -0.3 is 19.7 Å². The highest BCUT2D eigenvalue weighted by atomic mass is 16.7. The van der Waals surface area contributed by atoms with Gasteiger partial charge in [0.05, 0.1) is 17.9 Å². The minimum atomic E-state index is -0.677. The van der Waals surface area contributed by atoms with Gasteiger partial charge in [0.25, 0.3) is 5.91 Å². The second-order valence-electron chi connectivity index (χ2n) is 6.79. The van der Waals surface area contributed by atoms with Gasteiger partial charge in [-0.1, -0.05) is 24.3 Å². The number of ether oxygens (including phenoxy) is 2. The molecule has 24 heavy (non-hydrogen) atoms. The first kappa shape index (κ1) is 14.9. The molecule has 0 unspecified atom stereocenters. The Kier molecular flexibility index (Phi) is 3.20. The zero-order chi connectivity index (χ0) is 16.9. The third kappa shape index (κ3) is 2.28. The first-order valence-corrected chi connectivity index (χ1v) is 8.04. The Hall–Kier alpha value is -2.69. The van der Waals surface area contributed by atoms with E-state index in [0.29, 0.717) is 18.0 Å². The van der Waals surface area contributed by atoms with Gasteiger partial charge in [0.15, 0.2) is 11.5 Å². The Morgan fingerprint density at radius 1 is 1.17 bits per heavy atom. The lowest BCUT2D eigenvalue weighted by Crippen LogP contribution is -2.53. The molecule has 2 aliphatic heterocycles. The molecule has 1 amide bonds. The third-order valence-electron chi connectivity index (χ3n) is 4.60. The summed E-state index contributed by atoms with van der Waals surface area (Å²) in [6.07, 6.45) is 0. The van der Waals surface area contributed by atoms with Crippen molar-refractivity contribution in [2.24, 2.45) is 0 Å². The lowest BCUT2D eigenvalue weighted by Gasteiger charge is -2.40. The number of nitrogens with one attached hydrogen (secondary N) is 1. The van der Waals surface area contributed by atoms with Crippen molar-refractivity contribution in [2.75, 3.05) is 17.0 Å². The number of anilines is 2. The van der Waals surface area contributed by atoms with Crippen LogP contribution in [0.4, 0.5) is 11.4 Å². The van der Waals surface area contributed by atoms with E-state index in [-0.39, 0.29) is 12.7 Å². The van der Waals surface area contributed by atoms with Crippen LogP contribution >= 0.6 is 0 Å². The lowest BCUT2D eigenvalue weighted by molar-refractivity contribution is -0.122. The highest BCUT2D eigenvalue weighted by Crippen LogP contribution is 2.45. The van der Waals surface area contributed by atoms with Gasteiger partial charge in [0.1, 0.15) is 5.54 Å². The average Bonchev–Trinajstić information content (AvgIpc) is 2.99. The zero-order valence-electron chi connectivity index (χ0n) is 14.1. The summed E-state index contributed by atoms with van der Waals surface area (Å²) in [5.74, 6) is 1.43. The molecule has 124 valence electrons. The molecule has 2 aromatic carbocycles. The Bertz CT molecular complexity index is 829. The Balaban J connectivity index is 1.81. The number of hydrogen-bond acceptors (Lipinski definition) is 4. The quantitative estimate of drug-likeness (QED) is 0.919. The number of nitrogens with zero attached hydrogens (tertiary/aromatic N) is 1. The number of amides is 1. The number of benzene rings is 2. The fraction of sp³-hybridized carbons (Fsp3) is 0.316. The number of aryl methyl sites for hydroxylation is 1. The van der Waals surface area contributed by atoms with Crippen LogP contribution in [0.15, 0.2) is 36.4 Å². The van der Waals surface area contributed by atoms with Crippen LogP contribution in [-0.4, -0.2) is 18.2 Å². The molecule has 0 fully saturated rings. The summed E-state index contributed by atoms with van der Waals surface area (Å²) in [4.78, 5) is 14.8. The summed E-state index contributed by atoms with van der Waals surface area (Å²) >= 11 is 0. The molecule has 0 saturated heterocycles. The normalized spacial score (nSPS) is 17.5. The molecular weight excluding hydrogens is 304 g/mol. The zero-order valence-corrected chi connectivity index (χ0v) is 14.1. The van der Waals surface area contributed by atoms with Crippen molar-refractivity contribution < 1.29 is 14.3 Å². The largest absolute Gasteiger partial charge is 0.454 e. The minimum Gasteiger partial charge on any atom is -0.454 e. The fourth-order valence-corrected chi connectivity index (χ4v) is 3.21. The second kappa shape index (κ2) is 5.16. The number of carbonyl (C=O) groups excluding carboxylic acids is 1. The van der Waals surface area contributed by atoms with Crippen LogP contribution in [-0.2, 0) is 11.3 Å². The van der Waals surface area contributed by atoms with Gasteiger partial charge in [0.2, 0.25) is 6.79 Å². The smallest absolute Gasteiger partial charge is 0.252 e. The maximum absolute atomic E-state index is 13.0. The van der Waals surface area contributed by atoms with E-state index in [0.717, 1.165) is 16.9 Å². The standard InChI is InChI=1S/C19H20N2O3/c1-12-6-4-5-7-13(12)10-21-15-9-17-16(23-11-24-17)8-14(15)20-19(2,3)18(21)22/h4-9,20H,10-11H2,1-3H3. The third-order valence-corrected chi connectivity index (χ3v) is 4.60. The van der Waals surface area contributed by atoms with E-state index < -0.39 is 5.54 Å². The Morgan fingerprint density at radius 2 is 1.88 bits per heavy atom. The van der Waals surface area contributed by atoms with E-state index in [1.165, 1.54) is 5.56 Å². The molecule has 4 rings (SSSR count). The summed E-state index contributed by atoms with van der Waals surface area (Å²) in [5, 5.41) is 3.32. The molecule has 2 aromatic rings. The van der Waals surface area contributed by atoms with Crippen molar-refractivity contribution in [3.63, 3.8) is 0 Å². The van der Waals surface area contributed by atoms with Gasteiger partial charge in [0, 0.05) is 12.1 Å². The van der Waals surface area contributed by atoms with Crippen LogP contribution in [0.1, 0.15) is 25.0 Å². The van der Waals surface area contributed by atoms with Crippen molar-refractivity contribution >= 4 is 17.3 Å². The van der Waals surface area contributed by atoms with Crippen molar-refractivity contribution in [3.8, 4) is 11.5 Å². The van der Waals surface area contributed by atoms with Crippen LogP contribution in [0, 0.1) is 6.92 Å². The van der Waals surface area contributed by atoms with Crippen LogP contribution < -0.4 is 19.7 Å². The topological polar surface area (TPSA) is 50.8 Å². The number of rotatable bonds is 2. The molecule has 0 aromatic heterocycles. The molecule has 0 bridgehead atoms. The van der Waals surface area contributed by atoms with Crippen molar-refractivity contribution in [2.45, 2.75) is 32.9 Å². The number of fused-ring (bicyclic) bond motifs is 2. The van der Waals surface area contributed by atoms with Gasteiger partial charge in [-0.05, 0) is 31.9 Å². The van der Waals surface area contributed by atoms with Gasteiger partial charge in [-0.2, -0.15) is 0 Å². The lowest BCUT2D eigenvalue weighted by atomic mass is 9.96. The van der Waals surface area contributed by atoms with Crippen LogP contribution in [0.3, 0.4) is 0 Å². The number of hydrogen-bond donors (Lipinski definition) is 1. The van der Waals surface area contributed by atoms with Crippen molar-refractivity contribution in [3.05, 3.63) is 47.5 Å². The Morgan fingerprint density at radius 3 is 2.62 bits per heavy atom. The minimum absolute atomic E-state index is 0.0390. The first-order valence-electron chi connectivity index (χ1n) is 8.04. The molecule has 0 spiro atoms. The number of carbonyl (C=O) groups is 1. The molecule has 0 saturated carbocycles. The summed E-state index contributed by atoms with van der Waals surface area (Å²) in [5.41, 5.74) is 3.34. The molecular formula is C19H20N2O3. The maximum Gasteiger partial charge on any atom is 0.252 e. The fourth-order valence-electron chi connectivity index (χ4n) is 3.21. The summed E-state index contributed by atoms with van der Waals surface area (Å²) < 4.78 is 11.0. The highest BCUT2D eigenvalue weighted by molar-refractivity contribution is 6.07.